The van der Waals surface area contributed by atoms with Crippen molar-refractivity contribution >= 4 is 16.9 Å². The Balaban J connectivity index is 2.10. The zero-order chi connectivity index (χ0) is 15.5. The van der Waals surface area contributed by atoms with Crippen LogP contribution in [-0.4, -0.2) is 30.4 Å². The SMILES string of the molecule is COC(C)(C)CCOCc1c(C(=O)O)oc2ccccc12. The van der Waals surface area contributed by atoms with Crippen molar-refractivity contribution in [2.24, 2.45) is 0 Å². The summed E-state index contributed by atoms with van der Waals surface area (Å²) in [6.45, 7) is 4.65. The number of fused-ring (bicyclic) bond motifs is 1. The number of methoxy groups -OCH3 is 1. The molecule has 0 saturated heterocycles. The summed E-state index contributed by atoms with van der Waals surface area (Å²) in [7, 11) is 1.66. The van der Waals surface area contributed by atoms with Crippen molar-refractivity contribution in [2.45, 2.75) is 32.5 Å². The second-order valence-corrected chi connectivity index (χ2v) is 5.48. The second-order valence-electron chi connectivity index (χ2n) is 5.48. The molecule has 1 aromatic heterocycles. The Morgan fingerprint density at radius 3 is 2.71 bits per heavy atom. The highest BCUT2D eigenvalue weighted by Gasteiger charge is 2.20. The lowest BCUT2D eigenvalue weighted by atomic mass is 10.1. The predicted molar refractivity (Wildman–Crippen MR) is 78.5 cm³/mol. The molecule has 0 amide bonds. The van der Waals surface area contributed by atoms with Crippen molar-refractivity contribution in [1.82, 2.24) is 0 Å². The van der Waals surface area contributed by atoms with Gasteiger partial charge in [-0.3, -0.25) is 0 Å². The molecule has 0 aliphatic carbocycles. The highest BCUT2D eigenvalue weighted by Crippen LogP contribution is 2.26. The Bertz CT molecular complexity index is 627. The van der Waals surface area contributed by atoms with E-state index in [1.54, 1.807) is 13.2 Å². The average molecular weight is 292 g/mol. The van der Waals surface area contributed by atoms with Crippen LogP contribution in [0.5, 0.6) is 0 Å². The first-order valence-electron chi connectivity index (χ1n) is 6.81. The first kappa shape index (κ1) is 15.5. The van der Waals surface area contributed by atoms with Crippen LogP contribution >= 0.6 is 0 Å². The molecular weight excluding hydrogens is 272 g/mol. The fourth-order valence-electron chi connectivity index (χ4n) is 2.01. The topological polar surface area (TPSA) is 68.9 Å². The standard InChI is InChI=1S/C16H20O5/c1-16(2,19-3)8-9-20-10-12-11-6-4-5-7-13(11)21-14(12)15(17)18/h4-7H,8-10H2,1-3H3,(H,17,18). The molecular formula is C16H20O5. The molecule has 114 valence electrons. The van der Waals surface area contributed by atoms with Crippen molar-refractivity contribution in [3.63, 3.8) is 0 Å². The van der Waals surface area contributed by atoms with E-state index in [1.165, 1.54) is 0 Å². The van der Waals surface area contributed by atoms with Crippen LogP contribution in [0.4, 0.5) is 0 Å². The number of furan rings is 1. The van der Waals surface area contributed by atoms with E-state index >= 15 is 0 Å². The van der Waals surface area contributed by atoms with E-state index in [1.807, 2.05) is 32.0 Å². The first-order valence-corrected chi connectivity index (χ1v) is 6.81. The number of hydrogen-bond acceptors (Lipinski definition) is 4. The number of para-hydroxylation sites is 1. The van der Waals surface area contributed by atoms with E-state index in [4.69, 9.17) is 13.9 Å². The number of benzene rings is 1. The molecule has 0 bridgehead atoms. The molecule has 1 heterocycles. The Hall–Kier alpha value is -1.85. The lowest BCUT2D eigenvalue weighted by Crippen LogP contribution is -2.24. The van der Waals surface area contributed by atoms with Crippen LogP contribution in [0, 0.1) is 0 Å². The third-order valence-electron chi connectivity index (χ3n) is 3.54. The molecule has 0 atom stereocenters. The van der Waals surface area contributed by atoms with Gasteiger partial charge in [-0.2, -0.15) is 0 Å². The highest BCUT2D eigenvalue weighted by atomic mass is 16.5. The molecule has 0 saturated carbocycles. The van der Waals surface area contributed by atoms with Crippen LogP contribution in [0.1, 0.15) is 36.4 Å². The van der Waals surface area contributed by atoms with Gasteiger partial charge in [0.2, 0.25) is 5.76 Å². The van der Waals surface area contributed by atoms with Gasteiger partial charge in [0.1, 0.15) is 5.58 Å². The summed E-state index contributed by atoms with van der Waals surface area (Å²) >= 11 is 0. The van der Waals surface area contributed by atoms with E-state index in [2.05, 4.69) is 0 Å². The van der Waals surface area contributed by atoms with Crippen molar-refractivity contribution in [2.75, 3.05) is 13.7 Å². The molecule has 0 unspecified atom stereocenters. The summed E-state index contributed by atoms with van der Waals surface area (Å²) in [6, 6.07) is 7.24. The summed E-state index contributed by atoms with van der Waals surface area (Å²) in [5.41, 5.74) is 0.882. The molecule has 1 aromatic carbocycles. The molecule has 5 nitrogen and oxygen atoms in total. The molecule has 2 aromatic rings. The van der Waals surface area contributed by atoms with E-state index in [0.717, 1.165) is 11.8 Å². The summed E-state index contributed by atoms with van der Waals surface area (Å²) < 4.78 is 16.3. The lowest BCUT2D eigenvalue weighted by molar-refractivity contribution is -0.0125. The lowest BCUT2D eigenvalue weighted by Gasteiger charge is -2.22. The zero-order valence-electron chi connectivity index (χ0n) is 12.5. The van der Waals surface area contributed by atoms with Gasteiger partial charge in [-0.05, 0) is 26.3 Å². The maximum atomic E-state index is 11.3. The summed E-state index contributed by atoms with van der Waals surface area (Å²) in [5.74, 6) is -1.13. The average Bonchev–Trinajstić information content (AvgIpc) is 2.83. The van der Waals surface area contributed by atoms with Gasteiger partial charge in [0.15, 0.2) is 0 Å². The van der Waals surface area contributed by atoms with Gasteiger partial charge in [-0.25, -0.2) is 4.79 Å². The number of carboxylic acids is 1. The number of hydrogen-bond donors (Lipinski definition) is 1. The molecule has 0 fully saturated rings. The van der Waals surface area contributed by atoms with Gasteiger partial charge in [0, 0.05) is 24.7 Å². The van der Waals surface area contributed by atoms with E-state index in [-0.39, 0.29) is 18.0 Å². The molecule has 0 spiro atoms. The molecule has 2 rings (SSSR count). The van der Waals surface area contributed by atoms with Crippen molar-refractivity contribution in [3.8, 4) is 0 Å². The third kappa shape index (κ3) is 3.62. The minimum atomic E-state index is -1.08. The van der Waals surface area contributed by atoms with Crippen LogP contribution in [0.15, 0.2) is 28.7 Å². The molecule has 21 heavy (non-hydrogen) atoms. The van der Waals surface area contributed by atoms with Crippen molar-refractivity contribution in [3.05, 3.63) is 35.6 Å². The van der Waals surface area contributed by atoms with Gasteiger partial charge in [0.05, 0.1) is 12.2 Å². The number of aromatic carboxylic acids is 1. The van der Waals surface area contributed by atoms with Crippen molar-refractivity contribution in [1.29, 1.82) is 0 Å². The number of carbonyl (C=O) groups is 1. The molecule has 0 aliphatic heterocycles. The normalized spacial score (nSPS) is 12.0. The Morgan fingerprint density at radius 1 is 1.33 bits per heavy atom. The van der Waals surface area contributed by atoms with E-state index in [9.17, 15) is 9.90 Å². The van der Waals surface area contributed by atoms with Crippen LogP contribution in [0.2, 0.25) is 0 Å². The van der Waals surface area contributed by atoms with Crippen molar-refractivity contribution < 1.29 is 23.8 Å². The molecule has 1 N–H and O–H groups in total. The Morgan fingerprint density at radius 2 is 2.05 bits per heavy atom. The summed E-state index contributed by atoms with van der Waals surface area (Å²) in [4.78, 5) is 11.3. The molecule has 0 radical (unpaired) electrons. The van der Waals surface area contributed by atoms with Crippen LogP contribution in [-0.2, 0) is 16.1 Å². The zero-order valence-corrected chi connectivity index (χ0v) is 12.5. The minimum Gasteiger partial charge on any atom is -0.475 e. The molecule has 5 heteroatoms. The Labute approximate surface area is 123 Å². The molecule has 0 aliphatic rings. The van der Waals surface area contributed by atoms with Crippen LogP contribution < -0.4 is 0 Å². The maximum absolute atomic E-state index is 11.3. The minimum absolute atomic E-state index is 0.0535. The van der Waals surface area contributed by atoms with Gasteiger partial charge >= 0.3 is 5.97 Å². The first-order chi connectivity index (χ1) is 9.94. The number of rotatable bonds is 7. The summed E-state index contributed by atoms with van der Waals surface area (Å²) in [6.07, 6.45) is 0.724. The summed E-state index contributed by atoms with van der Waals surface area (Å²) in [5, 5.41) is 10.00. The number of ether oxygens (including phenoxy) is 2. The van der Waals surface area contributed by atoms with E-state index in [0.29, 0.717) is 17.8 Å². The number of carboxylic acid groups (broad SMARTS) is 1. The van der Waals surface area contributed by atoms with E-state index < -0.39 is 5.97 Å². The third-order valence-corrected chi connectivity index (χ3v) is 3.54. The highest BCUT2D eigenvalue weighted by molar-refractivity contribution is 5.94. The fourth-order valence-corrected chi connectivity index (χ4v) is 2.01. The smallest absolute Gasteiger partial charge is 0.372 e. The van der Waals surface area contributed by atoms with Gasteiger partial charge < -0.3 is 19.0 Å². The second kappa shape index (κ2) is 6.28. The van der Waals surface area contributed by atoms with Crippen LogP contribution in [0.25, 0.3) is 11.0 Å². The Kier molecular flexibility index (Phi) is 4.65. The van der Waals surface area contributed by atoms with Gasteiger partial charge in [-0.1, -0.05) is 18.2 Å². The van der Waals surface area contributed by atoms with Gasteiger partial charge in [-0.15, -0.1) is 0 Å². The quantitative estimate of drug-likeness (QED) is 0.791. The predicted octanol–water partition coefficient (Wildman–Crippen LogP) is 3.46. The monoisotopic (exact) mass is 292 g/mol. The largest absolute Gasteiger partial charge is 0.475 e. The fraction of sp³-hybridized carbons (Fsp3) is 0.438. The van der Waals surface area contributed by atoms with Gasteiger partial charge in [0.25, 0.3) is 0 Å². The van der Waals surface area contributed by atoms with Crippen LogP contribution in [0.3, 0.4) is 0 Å². The maximum Gasteiger partial charge on any atom is 0.372 e.